The molecule has 0 aliphatic rings. The van der Waals surface area contributed by atoms with Gasteiger partial charge >= 0.3 is 0 Å². The van der Waals surface area contributed by atoms with Gasteiger partial charge < -0.3 is 9.73 Å². The Hall–Kier alpha value is -2.88. The molecule has 0 unspecified atom stereocenters. The zero-order chi connectivity index (χ0) is 15.9. The van der Waals surface area contributed by atoms with E-state index in [1.807, 2.05) is 60.7 Å². The quantitative estimate of drug-likeness (QED) is 0.757. The minimum absolute atomic E-state index is 0.00619. The van der Waals surface area contributed by atoms with Gasteiger partial charge in [0.2, 0.25) is 5.91 Å². The van der Waals surface area contributed by atoms with Crippen molar-refractivity contribution in [2.45, 2.75) is 19.4 Å². The van der Waals surface area contributed by atoms with E-state index in [9.17, 15) is 4.79 Å². The highest BCUT2D eigenvalue weighted by atomic mass is 16.3. The van der Waals surface area contributed by atoms with Gasteiger partial charge in [0.1, 0.15) is 11.5 Å². The third-order valence-electron chi connectivity index (χ3n) is 3.51. The van der Waals surface area contributed by atoms with Crippen molar-refractivity contribution in [3.05, 3.63) is 78.3 Å². The van der Waals surface area contributed by atoms with Crippen molar-refractivity contribution in [2.75, 3.05) is 0 Å². The highest BCUT2D eigenvalue weighted by Gasteiger charge is 2.07. The second kappa shape index (κ2) is 7.40. The Labute approximate surface area is 135 Å². The topological polar surface area (TPSA) is 55.1 Å². The van der Waals surface area contributed by atoms with Crippen LogP contribution in [0.25, 0.3) is 11.3 Å². The van der Waals surface area contributed by atoms with Crippen LogP contribution in [0, 0.1) is 0 Å². The smallest absolute Gasteiger partial charge is 0.220 e. The summed E-state index contributed by atoms with van der Waals surface area (Å²) < 4.78 is 5.79. The highest BCUT2D eigenvalue weighted by molar-refractivity contribution is 5.76. The number of carbonyl (C=O) groups excluding carboxylic acids is 1. The van der Waals surface area contributed by atoms with E-state index < -0.39 is 0 Å². The minimum Gasteiger partial charge on any atom is -0.461 e. The predicted octanol–water partition coefficient (Wildman–Crippen LogP) is 3.59. The Morgan fingerprint density at radius 2 is 1.83 bits per heavy atom. The lowest BCUT2D eigenvalue weighted by atomic mass is 10.2. The maximum atomic E-state index is 11.9. The molecule has 0 fully saturated rings. The van der Waals surface area contributed by atoms with Crippen LogP contribution in [0.5, 0.6) is 0 Å². The number of rotatable bonds is 6. The zero-order valence-electron chi connectivity index (χ0n) is 12.7. The molecule has 0 saturated heterocycles. The van der Waals surface area contributed by atoms with Crippen LogP contribution in [0.2, 0.25) is 0 Å². The maximum Gasteiger partial charge on any atom is 0.220 e. The minimum atomic E-state index is -0.00619. The number of carbonyl (C=O) groups is 1. The van der Waals surface area contributed by atoms with Gasteiger partial charge in [0.15, 0.2) is 0 Å². The molecule has 2 heterocycles. The lowest BCUT2D eigenvalue weighted by molar-refractivity contribution is -0.121. The fourth-order valence-electron chi connectivity index (χ4n) is 2.29. The largest absolute Gasteiger partial charge is 0.461 e. The lowest BCUT2D eigenvalue weighted by Crippen LogP contribution is -2.23. The van der Waals surface area contributed by atoms with Crippen molar-refractivity contribution in [3.8, 4) is 11.3 Å². The number of aromatic nitrogens is 1. The molecule has 1 amide bonds. The van der Waals surface area contributed by atoms with Crippen molar-refractivity contribution >= 4 is 5.91 Å². The van der Waals surface area contributed by atoms with Crippen molar-refractivity contribution in [3.63, 3.8) is 0 Å². The van der Waals surface area contributed by atoms with E-state index >= 15 is 0 Å². The first-order chi connectivity index (χ1) is 11.3. The molecule has 1 aromatic carbocycles. The molecule has 3 aromatic rings. The summed E-state index contributed by atoms with van der Waals surface area (Å²) in [5.74, 6) is 1.64. The molecule has 0 radical (unpaired) electrons. The van der Waals surface area contributed by atoms with E-state index in [4.69, 9.17) is 4.42 Å². The Kier molecular flexibility index (Phi) is 4.84. The molecular formula is C19H18N2O2. The summed E-state index contributed by atoms with van der Waals surface area (Å²) in [6, 6.07) is 19.4. The number of nitrogens with zero attached hydrogens (tertiary/aromatic N) is 1. The molecule has 3 rings (SSSR count). The van der Waals surface area contributed by atoms with Crippen LogP contribution in [0.1, 0.15) is 17.9 Å². The SMILES string of the molecule is O=C(CCc1ccc(-c2ccccc2)o1)NCc1ccccn1. The molecule has 0 bridgehead atoms. The number of nitrogens with one attached hydrogen (secondary N) is 1. The number of amides is 1. The third kappa shape index (κ3) is 4.30. The van der Waals surface area contributed by atoms with Crippen molar-refractivity contribution in [1.29, 1.82) is 0 Å². The second-order valence-corrected chi connectivity index (χ2v) is 5.23. The monoisotopic (exact) mass is 306 g/mol. The van der Waals surface area contributed by atoms with E-state index in [1.165, 1.54) is 0 Å². The summed E-state index contributed by atoms with van der Waals surface area (Å²) in [4.78, 5) is 16.1. The Morgan fingerprint density at radius 3 is 2.61 bits per heavy atom. The molecule has 2 aromatic heterocycles. The molecule has 116 valence electrons. The summed E-state index contributed by atoms with van der Waals surface area (Å²) in [6.45, 7) is 0.451. The van der Waals surface area contributed by atoms with E-state index in [0.29, 0.717) is 19.4 Å². The zero-order valence-corrected chi connectivity index (χ0v) is 12.7. The van der Waals surface area contributed by atoms with Crippen LogP contribution in [0.4, 0.5) is 0 Å². The second-order valence-electron chi connectivity index (χ2n) is 5.23. The van der Waals surface area contributed by atoms with E-state index in [1.54, 1.807) is 6.20 Å². The maximum absolute atomic E-state index is 11.9. The van der Waals surface area contributed by atoms with Crippen LogP contribution in [0.15, 0.2) is 71.3 Å². The Bertz CT molecular complexity index is 751. The number of pyridine rings is 1. The first kappa shape index (κ1) is 15.0. The van der Waals surface area contributed by atoms with Gasteiger partial charge in [-0.15, -0.1) is 0 Å². The van der Waals surface area contributed by atoms with Crippen molar-refractivity contribution < 1.29 is 9.21 Å². The Morgan fingerprint density at radius 1 is 1.00 bits per heavy atom. The summed E-state index contributed by atoms with van der Waals surface area (Å²) in [5, 5.41) is 2.86. The van der Waals surface area contributed by atoms with Gasteiger partial charge in [-0.3, -0.25) is 9.78 Å². The average molecular weight is 306 g/mol. The van der Waals surface area contributed by atoms with Gasteiger partial charge in [-0.2, -0.15) is 0 Å². The van der Waals surface area contributed by atoms with Crippen LogP contribution in [-0.2, 0) is 17.8 Å². The number of hydrogen-bond donors (Lipinski definition) is 1. The molecule has 1 N–H and O–H groups in total. The molecule has 4 heteroatoms. The predicted molar refractivity (Wildman–Crippen MR) is 88.5 cm³/mol. The number of aryl methyl sites for hydroxylation is 1. The van der Waals surface area contributed by atoms with Crippen LogP contribution >= 0.6 is 0 Å². The fraction of sp³-hybridized carbons (Fsp3) is 0.158. The first-order valence-corrected chi connectivity index (χ1v) is 7.62. The standard InChI is InChI=1S/C19H18N2O2/c22-19(21-14-16-8-4-5-13-20-16)12-10-17-9-11-18(23-17)15-6-2-1-3-7-15/h1-9,11,13H,10,12,14H2,(H,21,22). The van der Waals surface area contributed by atoms with Crippen LogP contribution in [0.3, 0.4) is 0 Å². The summed E-state index contributed by atoms with van der Waals surface area (Å²) in [6.07, 6.45) is 2.70. The molecule has 4 nitrogen and oxygen atoms in total. The number of benzene rings is 1. The van der Waals surface area contributed by atoms with Gasteiger partial charge in [0.05, 0.1) is 12.2 Å². The molecular weight excluding hydrogens is 288 g/mol. The molecule has 23 heavy (non-hydrogen) atoms. The van der Waals surface area contributed by atoms with Gasteiger partial charge in [-0.05, 0) is 24.3 Å². The highest BCUT2D eigenvalue weighted by Crippen LogP contribution is 2.22. The number of hydrogen-bond acceptors (Lipinski definition) is 3. The number of furan rings is 1. The molecule has 0 atom stereocenters. The molecule has 0 aliphatic carbocycles. The molecule has 0 saturated carbocycles. The van der Waals surface area contributed by atoms with E-state index in [0.717, 1.165) is 22.8 Å². The molecule has 0 aliphatic heterocycles. The lowest BCUT2D eigenvalue weighted by Gasteiger charge is -2.03. The normalized spacial score (nSPS) is 10.4. The fourth-order valence-corrected chi connectivity index (χ4v) is 2.29. The van der Waals surface area contributed by atoms with Gasteiger partial charge in [0, 0.05) is 24.6 Å². The first-order valence-electron chi connectivity index (χ1n) is 7.62. The van der Waals surface area contributed by atoms with Crippen LogP contribution in [-0.4, -0.2) is 10.9 Å². The van der Waals surface area contributed by atoms with Gasteiger partial charge in [0.25, 0.3) is 0 Å². The summed E-state index contributed by atoms with van der Waals surface area (Å²) in [7, 11) is 0. The van der Waals surface area contributed by atoms with E-state index in [-0.39, 0.29) is 5.91 Å². The van der Waals surface area contributed by atoms with Crippen LogP contribution < -0.4 is 5.32 Å². The van der Waals surface area contributed by atoms with E-state index in [2.05, 4.69) is 10.3 Å². The van der Waals surface area contributed by atoms with Gasteiger partial charge in [-0.1, -0.05) is 36.4 Å². The Balaban J connectivity index is 1.49. The third-order valence-corrected chi connectivity index (χ3v) is 3.51. The molecule has 0 spiro atoms. The van der Waals surface area contributed by atoms with Crippen molar-refractivity contribution in [2.24, 2.45) is 0 Å². The summed E-state index contributed by atoms with van der Waals surface area (Å²) >= 11 is 0. The summed E-state index contributed by atoms with van der Waals surface area (Å²) in [5.41, 5.74) is 1.89. The van der Waals surface area contributed by atoms with Gasteiger partial charge in [-0.25, -0.2) is 0 Å². The van der Waals surface area contributed by atoms with Crippen molar-refractivity contribution in [1.82, 2.24) is 10.3 Å². The average Bonchev–Trinajstić information content (AvgIpc) is 3.09.